The van der Waals surface area contributed by atoms with Crippen LogP contribution in [0.25, 0.3) is 10.8 Å². The largest absolute Gasteiger partial charge is 0.371 e. The van der Waals surface area contributed by atoms with Crippen LogP contribution >= 0.6 is 12.2 Å². The van der Waals surface area contributed by atoms with Crippen LogP contribution in [0.5, 0.6) is 0 Å². The van der Waals surface area contributed by atoms with Crippen molar-refractivity contribution in [2.45, 2.75) is 19.4 Å². The zero-order valence-corrected chi connectivity index (χ0v) is 14.7. The van der Waals surface area contributed by atoms with Crippen molar-refractivity contribution in [3.8, 4) is 0 Å². The Bertz CT molecular complexity index is 743. The van der Waals surface area contributed by atoms with Crippen molar-refractivity contribution in [2.24, 2.45) is 0 Å². The first-order valence-corrected chi connectivity index (χ1v) is 8.00. The monoisotopic (exact) mass is 350 g/mol. The van der Waals surface area contributed by atoms with Crippen LogP contribution in [0.15, 0.2) is 42.5 Å². The maximum Gasteiger partial charge on any atom is 0.315 e. The van der Waals surface area contributed by atoms with E-state index < -0.39 is 18.4 Å². The van der Waals surface area contributed by atoms with Crippen molar-refractivity contribution in [3.63, 3.8) is 0 Å². The summed E-state index contributed by atoms with van der Waals surface area (Å²) in [6.45, 7) is 1.73. The van der Waals surface area contributed by atoms with E-state index in [1.165, 1.54) is 0 Å². The summed E-state index contributed by atoms with van der Waals surface area (Å²) in [5.41, 5.74) is 0.823. The van der Waals surface area contributed by atoms with Gasteiger partial charge in [-0.15, -0.1) is 0 Å². The molecular formula is C18H20F2N2OS. The van der Waals surface area contributed by atoms with Gasteiger partial charge in [0.05, 0.1) is 17.6 Å². The molecule has 0 aliphatic carbocycles. The number of nitrogens with zero attached hydrogens (tertiary/aromatic N) is 2. The van der Waals surface area contributed by atoms with Gasteiger partial charge in [0, 0.05) is 14.1 Å². The number of alkyl halides is 2. The van der Waals surface area contributed by atoms with Crippen molar-refractivity contribution < 1.29 is 13.6 Å². The summed E-state index contributed by atoms with van der Waals surface area (Å²) in [5.74, 6) is -1.21. The molecule has 0 radical (unpaired) electrons. The number of carbonyl (C=O) groups excluding carboxylic acids is 1. The SMILES string of the molecule is C[C@@H](c1cccc2ccccc12)N(CC(=S)N(C)C)C(=O)C(F)F. The van der Waals surface area contributed by atoms with Crippen LogP contribution in [0.2, 0.25) is 0 Å². The Morgan fingerprint density at radius 2 is 1.75 bits per heavy atom. The predicted molar refractivity (Wildman–Crippen MR) is 96.4 cm³/mol. The number of amides is 1. The summed E-state index contributed by atoms with van der Waals surface area (Å²) in [6.07, 6.45) is -3.06. The lowest BCUT2D eigenvalue weighted by molar-refractivity contribution is -0.144. The third-order valence-electron chi connectivity index (χ3n) is 4.02. The first kappa shape index (κ1) is 18.3. The summed E-state index contributed by atoms with van der Waals surface area (Å²) in [4.78, 5) is 15.3. The number of benzene rings is 2. The van der Waals surface area contributed by atoms with Crippen LogP contribution in [0.4, 0.5) is 8.78 Å². The second-order valence-corrected chi connectivity index (χ2v) is 6.27. The van der Waals surface area contributed by atoms with Crippen LogP contribution < -0.4 is 0 Å². The van der Waals surface area contributed by atoms with E-state index in [0.29, 0.717) is 4.99 Å². The molecule has 0 saturated carbocycles. The van der Waals surface area contributed by atoms with E-state index in [1.54, 1.807) is 25.9 Å². The van der Waals surface area contributed by atoms with E-state index in [2.05, 4.69) is 0 Å². The quantitative estimate of drug-likeness (QED) is 0.765. The Morgan fingerprint density at radius 3 is 2.38 bits per heavy atom. The van der Waals surface area contributed by atoms with Gasteiger partial charge in [-0.3, -0.25) is 4.79 Å². The topological polar surface area (TPSA) is 23.6 Å². The molecule has 3 nitrogen and oxygen atoms in total. The molecule has 128 valence electrons. The minimum atomic E-state index is -3.06. The summed E-state index contributed by atoms with van der Waals surface area (Å²) in [6, 6.07) is 12.8. The molecule has 2 aromatic carbocycles. The van der Waals surface area contributed by atoms with E-state index >= 15 is 0 Å². The molecule has 0 aliphatic rings. The fourth-order valence-corrected chi connectivity index (χ4v) is 2.74. The maximum absolute atomic E-state index is 13.1. The summed E-state index contributed by atoms with van der Waals surface area (Å²) in [7, 11) is 3.46. The summed E-state index contributed by atoms with van der Waals surface area (Å²) in [5, 5.41) is 1.94. The van der Waals surface area contributed by atoms with Crippen LogP contribution in [-0.2, 0) is 4.79 Å². The number of rotatable bonds is 5. The lowest BCUT2D eigenvalue weighted by atomic mass is 9.98. The molecule has 0 aliphatic heterocycles. The molecule has 0 bridgehead atoms. The van der Waals surface area contributed by atoms with E-state index in [9.17, 15) is 13.6 Å². The van der Waals surface area contributed by atoms with Gasteiger partial charge in [-0.25, -0.2) is 0 Å². The third kappa shape index (κ3) is 3.87. The van der Waals surface area contributed by atoms with Gasteiger partial charge in [-0.1, -0.05) is 54.7 Å². The number of fused-ring (bicyclic) bond motifs is 1. The number of likely N-dealkylation sites (N-methyl/N-ethyl adjacent to an activating group) is 1. The Hall–Kier alpha value is -2.08. The lowest BCUT2D eigenvalue weighted by Crippen LogP contribution is -2.43. The zero-order valence-electron chi connectivity index (χ0n) is 13.9. The molecule has 24 heavy (non-hydrogen) atoms. The number of carbonyl (C=O) groups is 1. The standard InChI is InChI=1S/C18H20F2N2OS/c1-12(14-10-6-8-13-7-4-5-9-15(13)14)22(18(23)17(19)20)11-16(24)21(2)3/h4-10,12,17H,11H2,1-3H3/t12-/m0/s1. The first-order valence-electron chi connectivity index (χ1n) is 7.59. The Morgan fingerprint density at radius 1 is 1.12 bits per heavy atom. The minimum Gasteiger partial charge on any atom is -0.371 e. The fraction of sp³-hybridized carbons (Fsp3) is 0.333. The fourth-order valence-electron chi connectivity index (χ4n) is 2.60. The van der Waals surface area contributed by atoms with Crippen molar-refractivity contribution in [3.05, 3.63) is 48.0 Å². The average Bonchev–Trinajstić information content (AvgIpc) is 2.57. The second-order valence-electron chi connectivity index (χ2n) is 5.80. The Labute approximate surface area is 145 Å². The van der Waals surface area contributed by atoms with E-state index in [1.807, 2.05) is 42.5 Å². The van der Waals surface area contributed by atoms with Gasteiger partial charge in [0.2, 0.25) is 0 Å². The number of hydrogen-bond donors (Lipinski definition) is 0. The Balaban J connectivity index is 2.44. The summed E-state index contributed by atoms with van der Waals surface area (Å²) < 4.78 is 26.1. The first-order chi connectivity index (χ1) is 11.3. The van der Waals surface area contributed by atoms with Gasteiger partial charge in [0.25, 0.3) is 5.91 Å². The van der Waals surface area contributed by atoms with E-state index in [-0.39, 0.29) is 6.54 Å². The average molecular weight is 350 g/mol. The zero-order chi connectivity index (χ0) is 17.9. The molecule has 6 heteroatoms. The number of hydrogen-bond acceptors (Lipinski definition) is 2. The molecule has 0 fully saturated rings. The summed E-state index contributed by atoms with van der Waals surface area (Å²) >= 11 is 5.21. The predicted octanol–water partition coefficient (Wildman–Crippen LogP) is 3.88. The number of halogens is 2. The molecular weight excluding hydrogens is 330 g/mol. The van der Waals surface area contributed by atoms with Gasteiger partial charge in [0.15, 0.2) is 0 Å². The van der Waals surface area contributed by atoms with Gasteiger partial charge in [-0.05, 0) is 23.3 Å². The molecule has 2 aromatic rings. The van der Waals surface area contributed by atoms with Crippen molar-refractivity contribution in [2.75, 3.05) is 20.6 Å². The highest BCUT2D eigenvalue weighted by atomic mass is 32.1. The Kier molecular flexibility index (Phi) is 5.83. The second kappa shape index (κ2) is 7.66. The molecule has 1 amide bonds. The van der Waals surface area contributed by atoms with Crippen molar-refractivity contribution in [1.29, 1.82) is 0 Å². The smallest absolute Gasteiger partial charge is 0.315 e. The molecule has 0 N–H and O–H groups in total. The van der Waals surface area contributed by atoms with Crippen LogP contribution in [-0.4, -0.2) is 47.8 Å². The van der Waals surface area contributed by atoms with Gasteiger partial charge < -0.3 is 9.80 Å². The van der Waals surface area contributed by atoms with Crippen LogP contribution in [0.1, 0.15) is 18.5 Å². The lowest BCUT2D eigenvalue weighted by Gasteiger charge is -2.31. The van der Waals surface area contributed by atoms with Crippen molar-refractivity contribution >= 4 is 33.9 Å². The molecule has 0 aromatic heterocycles. The maximum atomic E-state index is 13.1. The highest BCUT2D eigenvalue weighted by molar-refractivity contribution is 7.80. The molecule has 0 unspecified atom stereocenters. The molecule has 0 saturated heterocycles. The van der Waals surface area contributed by atoms with Crippen LogP contribution in [0.3, 0.4) is 0 Å². The van der Waals surface area contributed by atoms with Crippen LogP contribution in [0, 0.1) is 0 Å². The van der Waals surface area contributed by atoms with Gasteiger partial charge in [0.1, 0.15) is 0 Å². The molecule has 2 rings (SSSR count). The molecule has 0 spiro atoms. The minimum absolute atomic E-state index is 0.0180. The van der Waals surface area contributed by atoms with Gasteiger partial charge in [-0.2, -0.15) is 8.78 Å². The molecule has 0 heterocycles. The van der Waals surface area contributed by atoms with Crippen molar-refractivity contribution in [1.82, 2.24) is 9.80 Å². The third-order valence-corrected chi connectivity index (χ3v) is 4.51. The van der Waals surface area contributed by atoms with E-state index in [4.69, 9.17) is 12.2 Å². The normalized spacial score (nSPS) is 12.2. The highest BCUT2D eigenvalue weighted by Crippen LogP contribution is 2.29. The molecule has 1 atom stereocenters. The van der Waals surface area contributed by atoms with Gasteiger partial charge >= 0.3 is 6.43 Å². The number of thiocarbonyl (C=S) groups is 1. The van der Waals surface area contributed by atoms with E-state index in [0.717, 1.165) is 21.2 Å². The highest BCUT2D eigenvalue weighted by Gasteiger charge is 2.30.